The van der Waals surface area contributed by atoms with Crippen LogP contribution in [-0.4, -0.2) is 47.9 Å². The molecule has 9 nitrogen and oxygen atoms in total. The van der Waals surface area contributed by atoms with Crippen molar-refractivity contribution in [3.63, 3.8) is 0 Å². The molecule has 0 fully saturated rings. The molecule has 2 aromatic rings. The molecule has 0 spiro atoms. The Kier molecular flexibility index (Phi) is 8.63. The summed E-state index contributed by atoms with van der Waals surface area (Å²) in [5.41, 5.74) is 0.544. The van der Waals surface area contributed by atoms with Crippen LogP contribution in [0.5, 0.6) is 11.5 Å². The summed E-state index contributed by atoms with van der Waals surface area (Å²) in [7, 11) is 1.30. The molecule has 0 aliphatic carbocycles. The van der Waals surface area contributed by atoms with Crippen molar-refractivity contribution in [2.24, 2.45) is 0 Å². The number of ether oxygens (including phenoxy) is 2. The molecule has 0 aliphatic heterocycles. The standard InChI is InChI=1S/C21H24ClN3O6/c1-4-23-21(27)14(2)24(12-15-6-5-7-16(22)10-15)20(26)13-31-17-8-9-18(25(28)29)19(11-17)30-3/h5-11,14H,4,12-13H2,1-3H3,(H,23,27)/t14-/m1/s1. The Morgan fingerprint density at radius 2 is 2.00 bits per heavy atom. The second-order valence-corrected chi connectivity index (χ2v) is 7.04. The van der Waals surface area contributed by atoms with Crippen molar-refractivity contribution < 1.29 is 24.0 Å². The summed E-state index contributed by atoms with van der Waals surface area (Å²) in [6.45, 7) is 3.64. The number of nitrogens with one attached hydrogen (secondary N) is 1. The summed E-state index contributed by atoms with van der Waals surface area (Å²) in [5, 5.41) is 14.2. The summed E-state index contributed by atoms with van der Waals surface area (Å²) in [5.74, 6) is -0.489. The van der Waals surface area contributed by atoms with Crippen molar-refractivity contribution in [3.8, 4) is 11.5 Å². The van der Waals surface area contributed by atoms with Crippen LogP contribution in [0.25, 0.3) is 0 Å². The lowest BCUT2D eigenvalue weighted by atomic mass is 10.1. The van der Waals surface area contributed by atoms with E-state index in [1.807, 2.05) is 0 Å². The fourth-order valence-corrected chi connectivity index (χ4v) is 3.08. The summed E-state index contributed by atoms with van der Waals surface area (Å²) >= 11 is 6.04. The van der Waals surface area contributed by atoms with E-state index in [2.05, 4.69) is 5.32 Å². The van der Waals surface area contributed by atoms with Crippen molar-refractivity contribution in [1.82, 2.24) is 10.2 Å². The first-order chi connectivity index (χ1) is 14.8. The minimum Gasteiger partial charge on any atom is -0.490 e. The van der Waals surface area contributed by atoms with Crippen LogP contribution in [0.15, 0.2) is 42.5 Å². The number of benzene rings is 2. The molecule has 1 N–H and O–H groups in total. The van der Waals surface area contributed by atoms with Crippen molar-refractivity contribution >= 4 is 29.1 Å². The molecular weight excluding hydrogens is 426 g/mol. The minimum absolute atomic E-state index is 0.0152. The Hall–Kier alpha value is -3.33. The van der Waals surface area contributed by atoms with Crippen molar-refractivity contribution in [3.05, 3.63) is 63.2 Å². The van der Waals surface area contributed by atoms with E-state index in [4.69, 9.17) is 21.1 Å². The number of nitro groups is 1. The van der Waals surface area contributed by atoms with Gasteiger partial charge in [-0.05, 0) is 37.6 Å². The van der Waals surface area contributed by atoms with E-state index in [9.17, 15) is 19.7 Å². The topological polar surface area (TPSA) is 111 Å². The molecule has 0 saturated carbocycles. The Morgan fingerprint density at radius 1 is 1.26 bits per heavy atom. The van der Waals surface area contributed by atoms with Gasteiger partial charge >= 0.3 is 5.69 Å². The summed E-state index contributed by atoms with van der Waals surface area (Å²) in [6, 6.07) is 10.2. The molecule has 0 unspecified atom stereocenters. The quantitative estimate of drug-likeness (QED) is 0.440. The van der Waals surface area contributed by atoms with Crippen molar-refractivity contribution in [2.75, 3.05) is 20.3 Å². The number of amides is 2. The van der Waals surface area contributed by atoms with Crippen LogP contribution < -0.4 is 14.8 Å². The third kappa shape index (κ3) is 6.58. The zero-order valence-corrected chi connectivity index (χ0v) is 18.2. The van der Waals surface area contributed by atoms with Gasteiger partial charge < -0.3 is 19.7 Å². The third-order valence-corrected chi connectivity index (χ3v) is 4.71. The number of nitrogens with zero attached hydrogens (tertiary/aromatic N) is 2. The molecule has 10 heteroatoms. The molecule has 0 heterocycles. The predicted molar refractivity (Wildman–Crippen MR) is 115 cm³/mol. The van der Waals surface area contributed by atoms with E-state index < -0.39 is 16.9 Å². The van der Waals surface area contributed by atoms with Crippen molar-refractivity contribution in [2.45, 2.75) is 26.4 Å². The zero-order valence-electron chi connectivity index (χ0n) is 17.5. The summed E-state index contributed by atoms with van der Waals surface area (Å²) in [6.07, 6.45) is 0. The first-order valence-electron chi connectivity index (χ1n) is 9.53. The molecular formula is C21H24ClN3O6. The highest BCUT2D eigenvalue weighted by Gasteiger charge is 2.26. The molecule has 0 aliphatic rings. The molecule has 31 heavy (non-hydrogen) atoms. The normalized spacial score (nSPS) is 11.4. The van der Waals surface area contributed by atoms with Gasteiger partial charge in [0.2, 0.25) is 11.7 Å². The second-order valence-electron chi connectivity index (χ2n) is 6.60. The second kappa shape index (κ2) is 11.2. The molecule has 0 aromatic heterocycles. The Bertz CT molecular complexity index is 952. The summed E-state index contributed by atoms with van der Waals surface area (Å²) < 4.78 is 10.5. The minimum atomic E-state index is -0.749. The maximum Gasteiger partial charge on any atom is 0.311 e. The Morgan fingerprint density at radius 3 is 2.61 bits per heavy atom. The Labute approximate surface area is 185 Å². The van der Waals surface area contributed by atoms with E-state index in [-0.39, 0.29) is 36.2 Å². The number of likely N-dealkylation sites (N-methyl/N-ethyl adjacent to an activating group) is 1. The van der Waals surface area contributed by atoms with Gasteiger partial charge in [-0.1, -0.05) is 23.7 Å². The van der Waals surface area contributed by atoms with Crippen molar-refractivity contribution in [1.29, 1.82) is 0 Å². The number of methoxy groups -OCH3 is 1. The monoisotopic (exact) mass is 449 g/mol. The number of hydrogen-bond acceptors (Lipinski definition) is 6. The number of halogens is 1. The van der Waals surface area contributed by atoms with Gasteiger partial charge in [0, 0.05) is 30.2 Å². The molecule has 166 valence electrons. The predicted octanol–water partition coefficient (Wildman–Crippen LogP) is 3.19. The lowest BCUT2D eigenvalue weighted by Gasteiger charge is -2.28. The third-order valence-electron chi connectivity index (χ3n) is 4.47. The molecule has 2 rings (SSSR count). The first-order valence-corrected chi connectivity index (χ1v) is 9.91. The molecule has 0 saturated heterocycles. The van der Waals surface area contributed by atoms with E-state index >= 15 is 0 Å². The van der Waals surface area contributed by atoms with E-state index in [1.54, 1.807) is 38.1 Å². The fraction of sp³-hybridized carbons (Fsp3) is 0.333. The smallest absolute Gasteiger partial charge is 0.311 e. The molecule has 0 radical (unpaired) electrons. The number of carbonyl (C=O) groups is 2. The van der Waals surface area contributed by atoms with Gasteiger partial charge in [-0.3, -0.25) is 19.7 Å². The molecule has 0 bridgehead atoms. The lowest BCUT2D eigenvalue weighted by Crippen LogP contribution is -2.49. The van der Waals surface area contributed by atoms with Gasteiger partial charge in [-0.25, -0.2) is 0 Å². The lowest BCUT2D eigenvalue weighted by molar-refractivity contribution is -0.385. The average Bonchev–Trinajstić information content (AvgIpc) is 2.75. The van der Waals surface area contributed by atoms with Gasteiger partial charge in [-0.2, -0.15) is 0 Å². The van der Waals surface area contributed by atoms with Crippen LogP contribution in [0.4, 0.5) is 5.69 Å². The first kappa shape index (κ1) is 23.9. The van der Waals surface area contributed by atoms with Gasteiger partial charge in [0.25, 0.3) is 5.91 Å². The molecule has 2 amide bonds. The summed E-state index contributed by atoms with van der Waals surface area (Å²) in [4.78, 5) is 37.1. The van der Waals surface area contributed by atoms with E-state index in [0.29, 0.717) is 11.6 Å². The van der Waals surface area contributed by atoms with Crippen LogP contribution in [0.1, 0.15) is 19.4 Å². The van der Waals surface area contributed by atoms with Crippen LogP contribution in [0, 0.1) is 10.1 Å². The highest BCUT2D eigenvalue weighted by atomic mass is 35.5. The highest BCUT2D eigenvalue weighted by molar-refractivity contribution is 6.30. The van der Waals surface area contributed by atoms with Gasteiger partial charge in [0.05, 0.1) is 12.0 Å². The van der Waals surface area contributed by atoms with Gasteiger partial charge in [0.15, 0.2) is 6.61 Å². The van der Waals surface area contributed by atoms with Gasteiger partial charge in [0.1, 0.15) is 11.8 Å². The number of carbonyl (C=O) groups excluding carboxylic acids is 2. The average molecular weight is 450 g/mol. The molecule has 1 atom stereocenters. The van der Waals surface area contributed by atoms with Crippen LogP contribution in [-0.2, 0) is 16.1 Å². The molecule has 2 aromatic carbocycles. The maximum atomic E-state index is 12.9. The van der Waals surface area contributed by atoms with E-state index in [0.717, 1.165) is 5.56 Å². The Balaban J connectivity index is 2.18. The maximum absolute atomic E-state index is 12.9. The largest absolute Gasteiger partial charge is 0.490 e. The highest BCUT2D eigenvalue weighted by Crippen LogP contribution is 2.30. The van der Waals surface area contributed by atoms with Gasteiger partial charge in [-0.15, -0.1) is 0 Å². The zero-order chi connectivity index (χ0) is 23.0. The van der Waals surface area contributed by atoms with Crippen LogP contribution in [0.3, 0.4) is 0 Å². The number of hydrogen-bond donors (Lipinski definition) is 1. The SMILES string of the molecule is CCNC(=O)[C@@H](C)N(Cc1cccc(Cl)c1)C(=O)COc1ccc([N+](=O)[O-])c(OC)c1. The van der Waals surface area contributed by atoms with E-state index in [1.165, 1.54) is 30.2 Å². The number of rotatable bonds is 10. The van der Waals surface area contributed by atoms with Crippen LogP contribution >= 0.6 is 11.6 Å². The van der Waals surface area contributed by atoms with Crippen LogP contribution in [0.2, 0.25) is 5.02 Å². The fourth-order valence-electron chi connectivity index (χ4n) is 2.86. The number of nitro benzene ring substituents is 1.